The summed E-state index contributed by atoms with van der Waals surface area (Å²) in [4.78, 5) is 14.9. The molecule has 1 heterocycles. The number of nitrogens with zero attached hydrogens (tertiary/aromatic N) is 1. The maximum atomic E-state index is 11.2. The molecule has 0 fully saturated rings. The fourth-order valence-electron chi connectivity index (χ4n) is 0.790. The molecule has 4 N–H and O–H groups in total. The minimum Gasteiger partial charge on any atom is -0.383 e. The molecule has 0 aliphatic heterocycles. The van der Waals surface area contributed by atoms with Crippen LogP contribution in [-0.2, 0) is 0 Å². The van der Waals surface area contributed by atoms with E-state index < -0.39 is 0 Å². The summed E-state index contributed by atoms with van der Waals surface area (Å²) in [5.41, 5.74) is 10.7. The van der Waals surface area contributed by atoms with E-state index in [2.05, 4.69) is 15.8 Å². The Balaban J connectivity index is 2.87. The van der Waals surface area contributed by atoms with Crippen molar-refractivity contribution in [1.29, 1.82) is 0 Å². The lowest BCUT2D eigenvalue weighted by Crippen LogP contribution is -2.34. The lowest BCUT2D eigenvalue weighted by molar-refractivity contribution is 0.0938. The monoisotopic (exact) mass is 166 g/mol. The number of carbonyl (C=O) groups excluding carboxylic acids is 1. The summed E-state index contributed by atoms with van der Waals surface area (Å²) in [6.45, 7) is 0. The van der Waals surface area contributed by atoms with Crippen LogP contribution in [0.5, 0.6) is 0 Å². The molecule has 5 heteroatoms. The Hall–Kier alpha value is -1.62. The van der Waals surface area contributed by atoms with Crippen LogP contribution in [0.4, 0.5) is 5.82 Å². The van der Waals surface area contributed by atoms with E-state index in [9.17, 15) is 4.79 Å². The number of hydrazine groups is 1. The average Bonchev–Trinajstić information content (AvgIpc) is 2.05. The summed E-state index contributed by atoms with van der Waals surface area (Å²) in [7, 11) is 1.60. The zero-order valence-corrected chi connectivity index (χ0v) is 6.66. The highest BCUT2D eigenvalue weighted by Crippen LogP contribution is 2.05. The van der Waals surface area contributed by atoms with Gasteiger partial charge in [0.05, 0.1) is 5.56 Å². The predicted octanol–water partition coefficient (Wildman–Crippen LogP) is -0.472. The molecule has 0 bridgehead atoms. The van der Waals surface area contributed by atoms with E-state index in [0.29, 0.717) is 5.56 Å². The van der Waals surface area contributed by atoms with Gasteiger partial charge in [0.15, 0.2) is 0 Å². The van der Waals surface area contributed by atoms with E-state index in [4.69, 9.17) is 5.73 Å². The van der Waals surface area contributed by atoms with Crippen molar-refractivity contribution in [2.75, 3.05) is 12.8 Å². The summed E-state index contributed by atoms with van der Waals surface area (Å²) in [6.07, 6.45) is 1.53. The molecule has 1 rings (SSSR count). The third-order valence-corrected chi connectivity index (χ3v) is 1.32. The Labute approximate surface area is 70.0 Å². The van der Waals surface area contributed by atoms with Gasteiger partial charge in [0.2, 0.25) is 0 Å². The molecule has 0 atom stereocenters. The Kier molecular flexibility index (Phi) is 2.60. The zero-order valence-electron chi connectivity index (χ0n) is 6.66. The van der Waals surface area contributed by atoms with Gasteiger partial charge in [0.25, 0.3) is 5.91 Å². The normalized spacial score (nSPS) is 9.42. The first-order valence-electron chi connectivity index (χ1n) is 3.43. The highest BCUT2D eigenvalue weighted by atomic mass is 16.2. The number of hydrogen-bond acceptors (Lipinski definition) is 4. The van der Waals surface area contributed by atoms with Crippen LogP contribution in [0, 0.1) is 0 Å². The minimum atomic E-state index is -0.289. The standard InChI is InChI=1S/C7H10N4O/c1-9-11-7(12)5-3-2-4-10-6(5)8/h2-4,9H,1H3,(H2,8,10)(H,11,12). The van der Waals surface area contributed by atoms with Gasteiger partial charge < -0.3 is 5.73 Å². The average molecular weight is 166 g/mol. The Morgan fingerprint density at radius 3 is 3.00 bits per heavy atom. The van der Waals surface area contributed by atoms with Gasteiger partial charge in [0, 0.05) is 13.2 Å². The largest absolute Gasteiger partial charge is 0.383 e. The summed E-state index contributed by atoms with van der Waals surface area (Å²) >= 11 is 0. The number of nitrogens with one attached hydrogen (secondary N) is 2. The van der Waals surface area contributed by atoms with E-state index in [0.717, 1.165) is 0 Å². The van der Waals surface area contributed by atoms with Crippen LogP contribution in [-0.4, -0.2) is 17.9 Å². The number of pyridine rings is 1. The molecule has 5 nitrogen and oxygen atoms in total. The van der Waals surface area contributed by atoms with Crippen LogP contribution in [0.1, 0.15) is 10.4 Å². The number of nitrogen functional groups attached to an aromatic ring is 1. The van der Waals surface area contributed by atoms with Gasteiger partial charge in [0.1, 0.15) is 5.82 Å². The van der Waals surface area contributed by atoms with Crippen LogP contribution >= 0.6 is 0 Å². The fourth-order valence-corrected chi connectivity index (χ4v) is 0.790. The summed E-state index contributed by atoms with van der Waals surface area (Å²) < 4.78 is 0. The maximum absolute atomic E-state index is 11.2. The number of anilines is 1. The van der Waals surface area contributed by atoms with Crippen LogP contribution in [0.2, 0.25) is 0 Å². The van der Waals surface area contributed by atoms with Gasteiger partial charge in [-0.3, -0.25) is 10.2 Å². The third-order valence-electron chi connectivity index (χ3n) is 1.32. The predicted molar refractivity (Wildman–Crippen MR) is 45.2 cm³/mol. The topological polar surface area (TPSA) is 80.0 Å². The van der Waals surface area contributed by atoms with E-state index in [1.54, 1.807) is 19.2 Å². The van der Waals surface area contributed by atoms with Gasteiger partial charge in [-0.15, -0.1) is 0 Å². The van der Waals surface area contributed by atoms with Gasteiger partial charge >= 0.3 is 0 Å². The Bertz CT molecular complexity index is 286. The van der Waals surface area contributed by atoms with Gasteiger partial charge in [-0.05, 0) is 12.1 Å². The van der Waals surface area contributed by atoms with Crippen molar-refractivity contribution in [3.05, 3.63) is 23.9 Å². The lowest BCUT2D eigenvalue weighted by atomic mass is 10.2. The number of nitrogens with two attached hydrogens (primary N) is 1. The summed E-state index contributed by atoms with van der Waals surface area (Å²) in [5.74, 6) is -0.0617. The second-order valence-electron chi connectivity index (χ2n) is 2.14. The highest BCUT2D eigenvalue weighted by Gasteiger charge is 2.07. The van der Waals surface area contributed by atoms with Crippen molar-refractivity contribution in [2.45, 2.75) is 0 Å². The van der Waals surface area contributed by atoms with E-state index >= 15 is 0 Å². The molecule has 0 saturated heterocycles. The molecular weight excluding hydrogens is 156 g/mol. The van der Waals surface area contributed by atoms with Crippen molar-refractivity contribution >= 4 is 11.7 Å². The molecule has 1 aromatic heterocycles. The number of carbonyl (C=O) groups is 1. The Morgan fingerprint density at radius 2 is 2.42 bits per heavy atom. The van der Waals surface area contributed by atoms with Crippen LogP contribution < -0.4 is 16.6 Å². The molecule has 0 unspecified atom stereocenters. The summed E-state index contributed by atoms with van der Waals surface area (Å²) in [6, 6.07) is 3.26. The molecule has 0 aliphatic rings. The SMILES string of the molecule is CNNC(=O)c1cccnc1N. The zero-order chi connectivity index (χ0) is 8.97. The highest BCUT2D eigenvalue weighted by molar-refractivity contribution is 5.97. The molecule has 12 heavy (non-hydrogen) atoms. The molecule has 1 aromatic rings. The minimum absolute atomic E-state index is 0.227. The van der Waals surface area contributed by atoms with Crippen molar-refractivity contribution in [1.82, 2.24) is 15.8 Å². The third kappa shape index (κ3) is 1.70. The quantitative estimate of drug-likeness (QED) is 0.519. The van der Waals surface area contributed by atoms with Crippen molar-refractivity contribution < 1.29 is 4.79 Å². The second kappa shape index (κ2) is 3.68. The first-order chi connectivity index (χ1) is 5.75. The fraction of sp³-hybridized carbons (Fsp3) is 0.143. The molecule has 0 radical (unpaired) electrons. The van der Waals surface area contributed by atoms with E-state index in [1.165, 1.54) is 6.20 Å². The second-order valence-corrected chi connectivity index (χ2v) is 2.14. The van der Waals surface area contributed by atoms with Gasteiger partial charge in [-0.2, -0.15) is 0 Å². The Morgan fingerprint density at radius 1 is 1.67 bits per heavy atom. The molecule has 1 amide bonds. The smallest absolute Gasteiger partial charge is 0.269 e. The number of aromatic nitrogens is 1. The molecular formula is C7H10N4O. The summed E-state index contributed by atoms with van der Waals surface area (Å²) in [5, 5.41) is 0. The maximum Gasteiger partial charge on any atom is 0.269 e. The lowest BCUT2D eigenvalue weighted by Gasteiger charge is -2.03. The van der Waals surface area contributed by atoms with E-state index in [1.807, 2.05) is 0 Å². The first kappa shape index (κ1) is 8.48. The van der Waals surface area contributed by atoms with E-state index in [-0.39, 0.29) is 11.7 Å². The van der Waals surface area contributed by atoms with Crippen molar-refractivity contribution in [3.63, 3.8) is 0 Å². The van der Waals surface area contributed by atoms with Crippen molar-refractivity contribution in [3.8, 4) is 0 Å². The van der Waals surface area contributed by atoms with Crippen LogP contribution in [0.15, 0.2) is 18.3 Å². The van der Waals surface area contributed by atoms with Crippen molar-refractivity contribution in [2.24, 2.45) is 0 Å². The van der Waals surface area contributed by atoms with Crippen LogP contribution in [0.3, 0.4) is 0 Å². The molecule has 64 valence electrons. The number of rotatable bonds is 2. The van der Waals surface area contributed by atoms with Gasteiger partial charge in [-0.25, -0.2) is 10.4 Å². The van der Waals surface area contributed by atoms with Crippen LogP contribution in [0.25, 0.3) is 0 Å². The molecule has 0 aromatic carbocycles. The first-order valence-corrected chi connectivity index (χ1v) is 3.43. The van der Waals surface area contributed by atoms with Gasteiger partial charge in [-0.1, -0.05) is 0 Å². The number of hydrogen-bond donors (Lipinski definition) is 3. The number of amides is 1. The molecule has 0 aliphatic carbocycles. The molecule has 0 spiro atoms. The molecule has 0 saturated carbocycles.